The molecule has 1 rings (SSSR count). The molecule has 0 fully saturated rings. The van der Waals surface area contributed by atoms with Crippen molar-refractivity contribution in [2.75, 3.05) is 12.3 Å². The first-order valence-corrected chi connectivity index (χ1v) is 5.99. The second-order valence-electron chi connectivity index (χ2n) is 2.83. The molecule has 0 aliphatic heterocycles. The van der Waals surface area contributed by atoms with Crippen LogP contribution in [-0.4, -0.2) is 16.5 Å². The van der Waals surface area contributed by atoms with Crippen molar-refractivity contribution in [3.63, 3.8) is 0 Å². The molecule has 1 atom stereocenters. The molecule has 0 saturated heterocycles. The fraction of sp³-hybridized carbons (Fsp3) is 0.333. The Kier molecular flexibility index (Phi) is 4.51. The number of benzene rings is 1. The van der Waals surface area contributed by atoms with E-state index in [9.17, 15) is 8.60 Å². The molecule has 5 heteroatoms. The van der Waals surface area contributed by atoms with E-state index in [2.05, 4.69) is 0 Å². The first-order chi connectivity index (χ1) is 6.63. The molecule has 0 spiro atoms. The van der Waals surface area contributed by atoms with Crippen LogP contribution in [0.4, 0.5) is 4.39 Å². The van der Waals surface area contributed by atoms with Gasteiger partial charge in [0.25, 0.3) is 0 Å². The van der Waals surface area contributed by atoms with Gasteiger partial charge in [-0.1, -0.05) is 17.7 Å². The Morgan fingerprint density at radius 1 is 1.50 bits per heavy atom. The molecule has 14 heavy (non-hydrogen) atoms. The Morgan fingerprint density at radius 2 is 2.21 bits per heavy atom. The van der Waals surface area contributed by atoms with Crippen LogP contribution in [0.2, 0.25) is 5.02 Å². The van der Waals surface area contributed by atoms with Gasteiger partial charge in [0.15, 0.2) is 0 Å². The first-order valence-electron chi connectivity index (χ1n) is 4.12. The third-order valence-corrected chi connectivity index (χ3v) is 3.29. The summed E-state index contributed by atoms with van der Waals surface area (Å²) >= 11 is 5.58. The van der Waals surface area contributed by atoms with Crippen molar-refractivity contribution in [3.8, 4) is 0 Å². The van der Waals surface area contributed by atoms with Gasteiger partial charge in [0.05, 0.1) is 5.02 Å². The largest absolute Gasteiger partial charge is 0.330 e. The van der Waals surface area contributed by atoms with Crippen molar-refractivity contribution in [3.05, 3.63) is 34.6 Å². The maximum absolute atomic E-state index is 12.8. The highest BCUT2D eigenvalue weighted by Crippen LogP contribution is 2.16. The Hall–Kier alpha value is -0.450. The number of rotatable bonds is 4. The van der Waals surface area contributed by atoms with Crippen molar-refractivity contribution in [1.82, 2.24) is 0 Å². The van der Waals surface area contributed by atoms with Gasteiger partial charge in [-0.2, -0.15) is 0 Å². The topological polar surface area (TPSA) is 43.1 Å². The van der Waals surface area contributed by atoms with Gasteiger partial charge < -0.3 is 5.73 Å². The highest BCUT2D eigenvalue weighted by atomic mass is 35.5. The third kappa shape index (κ3) is 3.36. The summed E-state index contributed by atoms with van der Waals surface area (Å²) in [7, 11) is -0.992. The van der Waals surface area contributed by atoms with Crippen molar-refractivity contribution in [1.29, 1.82) is 0 Å². The second-order valence-corrected chi connectivity index (χ2v) is 4.81. The Bertz CT molecular complexity index is 346. The summed E-state index contributed by atoms with van der Waals surface area (Å²) in [5.41, 5.74) is 6.02. The smallest absolute Gasteiger partial charge is 0.141 e. The molecule has 1 unspecified atom stereocenters. The molecule has 1 aromatic rings. The number of hydrogen-bond donors (Lipinski definition) is 1. The molecule has 0 aliphatic rings. The summed E-state index contributed by atoms with van der Waals surface area (Å²) in [6.45, 7) is 0.390. The van der Waals surface area contributed by atoms with Crippen LogP contribution in [-0.2, 0) is 16.6 Å². The summed E-state index contributed by atoms with van der Waals surface area (Å²) in [6.07, 6.45) is 0. The highest BCUT2D eigenvalue weighted by molar-refractivity contribution is 7.84. The van der Waals surface area contributed by atoms with E-state index in [1.165, 1.54) is 12.1 Å². The lowest BCUT2D eigenvalue weighted by Crippen LogP contribution is -2.11. The summed E-state index contributed by atoms with van der Waals surface area (Å²) in [5, 5.41) is 0.0623. The standard InChI is InChI=1S/C9H11ClFNOS/c10-8-5-7(1-2-9(8)11)6-14(13)4-3-12/h1-2,5H,3-4,6,12H2. The molecule has 0 bridgehead atoms. The van der Waals surface area contributed by atoms with Gasteiger partial charge >= 0.3 is 0 Å². The van der Waals surface area contributed by atoms with E-state index < -0.39 is 16.6 Å². The van der Waals surface area contributed by atoms with E-state index in [4.69, 9.17) is 17.3 Å². The minimum atomic E-state index is -0.992. The molecule has 0 aromatic heterocycles. The van der Waals surface area contributed by atoms with Crippen molar-refractivity contribution in [2.45, 2.75) is 5.75 Å². The van der Waals surface area contributed by atoms with E-state index >= 15 is 0 Å². The third-order valence-electron chi connectivity index (χ3n) is 1.66. The number of nitrogens with two attached hydrogens (primary N) is 1. The summed E-state index contributed by atoms with van der Waals surface area (Å²) in [6, 6.07) is 4.35. The maximum atomic E-state index is 12.8. The average molecular weight is 236 g/mol. The maximum Gasteiger partial charge on any atom is 0.141 e. The van der Waals surface area contributed by atoms with Crippen molar-refractivity contribution in [2.24, 2.45) is 5.73 Å². The highest BCUT2D eigenvalue weighted by Gasteiger charge is 2.04. The van der Waals surface area contributed by atoms with Crippen molar-refractivity contribution >= 4 is 22.4 Å². The predicted molar refractivity (Wildman–Crippen MR) is 57.2 cm³/mol. The van der Waals surface area contributed by atoms with Crippen LogP contribution in [0.25, 0.3) is 0 Å². The van der Waals surface area contributed by atoms with Crippen LogP contribution in [0.5, 0.6) is 0 Å². The monoisotopic (exact) mass is 235 g/mol. The first kappa shape index (κ1) is 11.6. The van der Waals surface area contributed by atoms with E-state index in [1.54, 1.807) is 6.07 Å². The molecule has 0 heterocycles. The fourth-order valence-corrected chi connectivity index (χ4v) is 2.18. The molecule has 1 aromatic carbocycles. The van der Waals surface area contributed by atoms with Gasteiger partial charge in [-0.3, -0.25) is 4.21 Å². The SMILES string of the molecule is NCCS(=O)Cc1ccc(F)c(Cl)c1. The van der Waals surface area contributed by atoms with Gasteiger partial charge in [0.1, 0.15) is 5.82 Å². The molecule has 0 radical (unpaired) electrons. The van der Waals surface area contributed by atoms with Crippen LogP contribution in [0.1, 0.15) is 5.56 Å². The zero-order chi connectivity index (χ0) is 10.6. The second kappa shape index (κ2) is 5.44. The number of halogens is 2. The van der Waals surface area contributed by atoms with Gasteiger partial charge in [-0.05, 0) is 17.7 Å². The molecule has 2 nitrogen and oxygen atoms in total. The lowest BCUT2D eigenvalue weighted by molar-refractivity contribution is 0.627. The van der Waals surface area contributed by atoms with E-state index in [0.29, 0.717) is 18.1 Å². The lowest BCUT2D eigenvalue weighted by atomic mass is 10.2. The predicted octanol–water partition coefficient (Wildman–Crippen LogP) is 1.69. The van der Waals surface area contributed by atoms with Crippen LogP contribution in [0.15, 0.2) is 18.2 Å². The van der Waals surface area contributed by atoms with E-state index in [-0.39, 0.29) is 5.02 Å². The van der Waals surface area contributed by atoms with Gasteiger partial charge in [-0.25, -0.2) is 4.39 Å². The average Bonchev–Trinajstić information content (AvgIpc) is 2.12. The summed E-state index contributed by atoms with van der Waals surface area (Å²) in [4.78, 5) is 0. The van der Waals surface area contributed by atoms with Crippen LogP contribution >= 0.6 is 11.6 Å². The zero-order valence-corrected chi connectivity index (χ0v) is 9.08. The Balaban J connectivity index is 2.68. The quantitative estimate of drug-likeness (QED) is 0.863. The summed E-state index contributed by atoms with van der Waals surface area (Å²) in [5.74, 6) is 0.367. The zero-order valence-electron chi connectivity index (χ0n) is 7.50. The van der Waals surface area contributed by atoms with Gasteiger partial charge in [0, 0.05) is 28.9 Å². The molecule has 0 amide bonds. The van der Waals surface area contributed by atoms with E-state index in [1.807, 2.05) is 0 Å². The van der Waals surface area contributed by atoms with E-state index in [0.717, 1.165) is 5.56 Å². The molecular formula is C9H11ClFNOS. The molecule has 0 aliphatic carbocycles. The molecular weight excluding hydrogens is 225 g/mol. The van der Waals surface area contributed by atoms with Crippen LogP contribution < -0.4 is 5.73 Å². The number of hydrogen-bond acceptors (Lipinski definition) is 2. The van der Waals surface area contributed by atoms with Crippen molar-refractivity contribution < 1.29 is 8.60 Å². The minimum Gasteiger partial charge on any atom is -0.330 e. The Morgan fingerprint density at radius 3 is 2.79 bits per heavy atom. The van der Waals surface area contributed by atoms with Crippen LogP contribution in [0.3, 0.4) is 0 Å². The minimum absolute atomic E-state index is 0.0623. The fourth-order valence-electron chi connectivity index (χ4n) is 1.02. The normalized spacial score (nSPS) is 12.8. The lowest BCUT2D eigenvalue weighted by Gasteiger charge is -2.02. The van der Waals surface area contributed by atoms with Gasteiger partial charge in [-0.15, -0.1) is 0 Å². The van der Waals surface area contributed by atoms with Crippen LogP contribution in [0, 0.1) is 5.82 Å². The molecule has 78 valence electrons. The summed E-state index contributed by atoms with van der Waals surface area (Å²) < 4.78 is 24.1. The van der Waals surface area contributed by atoms with Gasteiger partial charge in [0.2, 0.25) is 0 Å². The molecule has 2 N–H and O–H groups in total. The molecule has 0 saturated carbocycles. The Labute approximate surface area is 89.7 Å².